The number of hydrogen-bond donors (Lipinski definition) is 1. The summed E-state index contributed by atoms with van der Waals surface area (Å²) in [7, 11) is 0. The highest BCUT2D eigenvalue weighted by molar-refractivity contribution is 5.79. The molecule has 0 spiro atoms. The lowest BCUT2D eigenvalue weighted by Crippen LogP contribution is -2.49. The van der Waals surface area contributed by atoms with E-state index in [9.17, 15) is 4.79 Å². The fourth-order valence-electron chi connectivity index (χ4n) is 3.80. The zero-order valence-corrected chi connectivity index (χ0v) is 15.8. The number of anilines is 1. The standard InChI is InChI=1S/C18H27N7O2/c1-14(23-8-10-27-11-9-23)12-19-18(26)15-4-6-24(7-5-15)17-3-2-16-21-20-13-25(16)22-17/h2-3,13-15H,4-12H2,1H3,(H,19,26). The fraction of sp³-hybridized carbons (Fsp3) is 0.667. The molecule has 9 heteroatoms. The Hall–Kier alpha value is -2.26. The Morgan fingerprint density at radius 3 is 2.81 bits per heavy atom. The van der Waals surface area contributed by atoms with Crippen LogP contribution in [-0.2, 0) is 9.53 Å². The second-order valence-electron chi connectivity index (χ2n) is 7.33. The Balaban J connectivity index is 1.25. The molecule has 9 nitrogen and oxygen atoms in total. The van der Waals surface area contributed by atoms with E-state index >= 15 is 0 Å². The van der Waals surface area contributed by atoms with E-state index in [1.165, 1.54) is 0 Å². The van der Waals surface area contributed by atoms with Crippen LogP contribution in [0.5, 0.6) is 0 Å². The highest BCUT2D eigenvalue weighted by Crippen LogP contribution is 2.22. The second-order valence-corrected chi connectivity index (χ2v) is 7.33. The minimum Gasteiger partial charge on any atom is -0.379 e. The average molecular weight is 373 g/mol. The molecule has 1 amide bonds. The molecular formula is C18H27N7O2. The number of nitrogens with zero attached hydrogens (tertiary/aromatic N) is 6. The van der Waals surface area contributed by atoms with Crippen molar-refractivity contribution in [1.82, 2.24) is 30.0 Å². The summed E-state index contributed by atoms with van der Waals surface area (Å²) in [5, 5.41) is 15.5. The van der Waals surface area contributed by atoms with E-state index in [-0.39, 0.29) is 11.8 Å². The summed E-state index contributed by atoms with van der Waals surface area (Å²) >= 11 is 0. The maximum absolute atomic E-state index is 12.6. The van der Waals surface area contributed by atoms with Crippen molar-refractivity contribution in [2.24, 2.45) is 5.92 Å². The van der Waals surface area contributed by atoms with Gasteiger partial charge in [-0.2, -0.15) is 4.52 Å². The van der Waals surface area contributed by atoms with E-state index in [4.69, 9.17) is 4.74 Å². The van der Waals surface area contributed by atoms with Crippen LogP contribution >= 0.6 is 0 Å². The van der Waals surface area contributed by atoms with Crippen LogP contribution in [0.4, 0.5) is 5.82 Å². The number of morpholine rings is 1. The maximum atomic E-state index is 12.6. The van der Waals surface area contributed by atoms with Crippen LogP contribution in [0.15, 0.2) is 18.5 Å². The first kappa shape index (κ1) is 18.1. The topological polar surface area (TPSA) is 87.9 Å². The minimum absolute atomic E-state index is 0.0804. The van der Waals surface area contributed by atoms with Gasteiger partial charge in [0.05, 0.1) is 13.2 Å². The van der Waals surface area contributed by atoms with Gasteiger partial charge < -0.3 is 15.0 Å². The second kappa shape index (κ2) is 8.18. The van der Waals surface area contributed by atoms with Crippen molar-refractivity contribution in [3.05, 3.63) is 18.5 Å². The largest absolute Gasteiger partial charge is 0.379 e. The van der Waals surface area contributed by atoms with Crippen molar-refractivity contribution >= 4 is 17.4 Å². The normalized spacial score (nSPS) is 20.7. The molecule has 0 radical (unpaired) electrons. The van der Waals surface area contributed by atoms with Crippen molar-refractivity contribution in [3.8, 4) is 0 Å². The number of carbonyl (C=O) groups is 1. The van der Waals surface area contributed by atoms with E-state index < -0.39 is 0 Å². The molecule has 2 fully saturated rings. The quantitative estimate of drug-likeness (QED) is 0.800. The summed E-state index contributed by atoms with van der Waals surface area (Å²) in [5.74, 6) is 1.16. The molecule has 1 unspecified atom stereocenters. The molecule has 2 saturated heterocycles. The first-order chi connectivity index (χ1) is 13.2. The van der Waals surface area contributed by atoms with Crippen LogP contribution in [0.25, 0.3) is 5.65 Å². The van der Waals surface area contributed by atoms with E-state index in [0.29, 0.717) is 12.6 Å². The number of carbonyl (C=O) groups excluding carboxylic acids is 1. The Morgan fingerprint density at radius 2 is 2.04 bits per heavy atom. The van der Waals surface area contributed by atoms with Gasteiger partial charge in [-0.1, -0.05) is 0 Å². The van der Waals surface area contributed by atoms with Gasteiger partial charge in [-0.05, 0) is 31.9 Å². The van der Waals surface area contributed by atoms with Crippen LogP contribution in [-0.4, -0.2) is 82.6 Å². The average Bonchev–Trinajstić information content (AvgIpc) is 3.20. The molecule has 2 aromatic heterocycles. The predicted molar refractivity (Wildman–Crippen MR) is 101 cm³/mol. The minimum atomic E-state index is 0.0804. The summed E-state index contributed by atoms with van der Waals surface area (Å²) in [6, 6.07) is 4.23. The highest BCUT2D eigenvalue weighted by Gasteiger charge is 2.26. The number of fused-ring (bicyclic) bond motifs is 1. The summed E-state index contributed by atoms with van der Waals surface area (Å²) in [5.41, 5.74) is 0.738. The van der Waals surface area contributed by atoms with E-state index in [2.05, 4.69) is 37.3 Å². The van der Waals surface area contributed by atoms with E-state index in [1.807, 2.05) is 12.1 Å². The third-order valence-electron chi connectivity index (χ3n) is 5.58. The molecular weight excluding hydrogens is 346 g/mol. The SMILES string of the molecule is CC(CNC(=O)C1CCN(c2ccc3nncn3n2)CC1)N1CCOCC1. The number of ether oxygens (including phenoxy) is 1. The number of hydrogen-bond acceptors (Lipinski definition) is 7. The summed E-state index contributed by atoms with van der Waals surface area (Å²) < 4.78 is 7.07. The summed E-state index contributed by atoms with van der Waals surface area (Å²) in [4.78, 5) is 17.2. The van der Waals surface area contributed by atoms with Crippen molar-refractivity contribution in [3.63, 3.8) is 0 Å². The van der Waals surface area contributed by atoms with Crippen LogP contribution < -0.4 is 10.2 Å². The number of rotatable bonds is 5. The predicted octanol–water partition coefficient (Wildman–Crippen LogP) is 0.178. The van der Waals surface area contributed by atoms with Crippen LogP contribution in [0.3, 0.4) is 0 Å². The first-order valence-electron chi connectivity index (χ1n) is 9.72. The van der Waals surface area contributed by atoms with E-state index in [0.717, 1.165) is 63.7 Å². The van der Waals surface area contributed by atoms with Gasteiger partial charge in [0, 0.05) is 44.7 Å². The molecule has 0 bridgehead atoms. The lowest BCUT2D eigenvalue weighted by molar-refractivity contribution is -0.125. The lowest BCUT2D eigenvalue weighted by Gasteiger charge is -2.34. The van der Waals surface area contributed by atoms with Gasteiger partial charge in [-0.3, -0.25) is 9.69 Å². The molecule has 0 aromatic carbocycles. The third kappa shape index (κ3) is 4.19. The Morgan fingerprint density at radius 1 is 1.26 bits per heavy atom. The van der Waals surface area contributed by atoms with Crippen molar-refractivity contribution in [2.45, 2.75) is 25.8 Å². The number of nitrogens with one attached hydrogen (secondary N) is 1. The van der Waals surface area contributed by atoms with Gasteiger partial charge in [-0.15, -0.1) is 15.3 Å². The van der Waals surface area contributed by atoms with Gasteiger partial charge in [0.1, 0.15) is 12.1 Å². The van der Waals surface area contributed by atoms with Crippen LogP contribution in [0.1, 0.15) is 19.8 Å². The van der Waals surface area contributed by atoms with Gasteiger partial charge in [0.25, 0.3) is 0 Å². The Bertz CT molecular complexity index is 766. The summed E-state index contributed by atoms with van der Waals surface area (Å²) in [6.07, 6.45) is 3.30. The monoisotopic (exact) mass is 373 g/mol. The maximum Gasteiger partial charge on any atom is 0.223 e. The molecule has 1 N–H and O–H groups in total. The highest BCUT2D eigenvalue weighted by atomic mass is 16.5. The fourth-order valence-corrected chi connectivity index (χ4v) is 3.80. The van der Waals surface area contributed by atoms with Gasteiger partial charge in [0.15, 0.2) is 5.65 Å². The molecule has 4 rings (SSSR count). The molecule has 2 aliphatic heterocycles. The molecule has 2 aliphatic rings. The summed E-state index contributed by atoms with van der Waals surface area (Å²) in [6.45, 7) is 7.98. The molecule has 146 valence electrons. The van der Waals surface area contributed by atoms with Crippen molar-refractivity contribution in [1.29, 1.82) is 0 Å². The number of piperidine rings is 1. The molecule has 0 aliphatic carbocycles. The van der Waals surface area contributed by atoms with Gasteiger partial charge in [0.2, 0.25) is 5.91 Å². The zero-order chi connectivity index (χ0) is 18.6. The molecule has 2 aromatic rings. The molecule has 4 heterocycles. The van der Waals surface area contributed by atoms with Crippen LogP contribution in [0, 0.1) is 5.92 Å². The third-order valence-corrected chi connectivity index (χ3v) is 5.58. The zero-order valence-electron chi connectivity index (χ0n) is 15.8. The van der Waals surface area contributed by atoms with Crippen LogP contribution in [0.2, 0.25) is 0 Å². The Labute approximate surface area is 158 Å². The lowest BCUT2D eigenvalue weighted by atomic mass is 9.96. The van der Waals surface area contributed by atoms with E-state index in [1.54, 1.807) is 10.8 Å². The van der Waals surface area contributed by atoms with Crippen molar-refractivity contribution in [2.75, 3.05) is 50.8 Å². The molecule has 1 atom stereocenters. The molecule has 0 saturated carbocycles. The first-order valence-corrected chi connectivity index (χ1v) is 9.72. The smallest absolute Gasteiger partial charge is 0.223 e. The Kier molecular flexibility index (Phi) is 5.49. The van der Waals surface area contributed by atoms with Crippen molar-refractivity contribution < 1.29 is 9.53 Å². The molecule has 27 heavy (non-hydrogen) atoms. The van der Waals surface area contributed by atoms with Gasteiger partial charge in [-0.25, -0.2) is 0 Å². The number of amides is 1. The van der Waals surface area contributed by atoms with Gasteiger partial charge >= 0.3 is 0 Å². The number of aromatic nitrogens is 4.